The molecule has 3 rings (SSSR count). The summed E-state index contributed by atoms with van der Waals surface area (Å²) in [6, 6.07) is 3.96. The summed E-state index contributed by atoms with van der Waals surface area (Å²) in [6.07, 6.45) is 1.68. The molecule has 26 heavy (non-hydrogen) atoms. The van der Waals surface area contributed by atoms with Crippen molar-refractivity contribution in [2.75, 3.05) is 7.11 Å². The number of rotatable bonds is 3. The van der Waals surface area contributed by atoms with E-state index in [0.29, 0.717) is 10.9 Å². The molecule has 140 valence electrons. The minimum atomic E-state index is -1.02. The lowest BCUT2D eigenvalue weighted by atomic mass is 9.81. The third kappa shape index (κ3) is 2.92. The van der Waals surface area contributed by atoms with E-state index in [2.05, 4.69) is 10.3 Å². The van der Waals surface area contributed by atoms with Gasteiger partial charge in [0.05, 0.1) is 13.2 Å². The number of halogens is 1. The molecular formula is C19H24FN3O3. The highest BCUT2D eigenvalue weighted by molar-refractivity contribution is 6.01. The van der Waals surface area contributed by atoms with Gasteiger partial charge in [0, 0.05) is 22.7 Å². The van der Waals surface area contributed by atoms with Crippen molar-refractivity contribution < 1.29 is 18.7 Å². The number of fused-ring (bicyclic) bond motifs is 1. The van der Waals surface area contributed by atoms with Crippen molar-refractivity contribution in [3.8, 4) is 0 Å². The van der Waals surface area contributed by atoms with E-state index < -0.39 is 17.7 Å². The number of carbonyl (C=O) groups is 1. The molecule has 0 radical (unpaired) electrons. The topological polar surface area (TPSA) is 89.4 Å². The van der Waals surface area contributed by atoms with Crippen LogP contribution in [-0.4, -0.2) is 29.8 Å². The fourth-order valence-electron chi connectivity index (χ4n) is 3.28. The Morgan fingerprint density at radius 2 is 2.08 bits per heavy atom. The quantitative estimate of drug-likeness (QED) is 0.732. The summed E-state index contributed by atoms with van der Waals surface area (Å²) in [4.78, 5) is 15.4. The van der Waals surface area contributed by atoms with E-state index in [4.69, 9.17) is 15.2 Å². The average Bonchev–Trinajstić information content (AvgIpc) is 3.13. The first-order chi connectivity index (χ1) is 12.1. The number of hydrogen-bond acceptors (Lipinski definition) is 5. The van der Waals surface area contributed by atoms with Gasteiger partial charge in [-0.15, -0.1) is 0 Å². The van der Waals surface area contributed by atoms with E-state index in [-0.39, 0.29) is 22.7 Å². The number of aromatic nitrogens is 1. The van der Waals surface area contributed by atoms with Crippen molar-refractivity contribution >= 4 is 22.6 Å². The molecule has 2 atom stereocenters. The molecule has 1 aromatic heterocycles. The highest BCUT2D eigenvalue weighted by Gasteiger charge is 2.48. The van der Waals surface area contributed by atoms with Crippen LogP contribution in [0.25, 0.3) is 16.7 Å². The van der Waals surface area contributed by atoms with Crippen LogP contribution >= 0.6 is 0 Å². The highest BCUT2D eigenvalue weighted by Crippen LogP contribution is 2.40. The van der Waals surface area contributed by atoms with Crippen LogP contribution in [0.2, 0.25) is 0 Å². The number of nitrogens with two attached hydrogens (primary N) is 1. The van der Waals surface area contributed by atoms with Gasteiger partial charge < -0.3 is 25.5 Å². The molecule has 0 bridgehead atoms. The Bertz CT molecular complexity index is 897. The van der Waals surface area contributed by atoms with Gasteiger partial charge in [0.2, 0.25) is 0 Å². The second-order valence-electron chi connectivity index (χ2n) is 7.77. The van der Waals surface area contributed by atoms with Crippen molar-refractivity contribution in [3.05, 3.63) is 41.5 Å². The standard InChI is InChI=1S/C19H24FN3O3/c1-18(2,3)17(21)19(4)23-14(16(24)25-5)15(26-19)12-9-22-13-7-6-10(20)8-11(12)13/h6-9,17,22-23H,21H2,1-5H3/t17-,19?/m0/s1. The highest BCUT2D eigenvalue weighted by atomic mass is 19.1. The molecule has 1 aromatic carbocycles. The predicted molar refractivity (Wildman–Crippen MR) is 97.2 cm³/mol. The molecule has 7 heteroatoms. The second kappa shape index (κ2) is 6.02. The number of nitrogens with one attached hydrogen (secondary N) is 2. The van der Waals surface area contributed by atoms with Crippen LogP contribution in [0, 0.1) is 11.2 Å². The number of H-pyrrole nitrogens is 1. The molecule has 0 saturated heterocycles. The zero-order chi connectivity index (χ0) is 19.3. The molecule has 2 heterocycles. The van der Waals surface area contributed by atoms with Gasteiger partial charge in [0.15, 0.2) is 17.2 Å². The lowest BCUT2D eigenvalue weighted by molar-refractivity contribution is -0.136. The SMILES string of the molecule is COC(=O)C1=C(c2c[nH]c3ccc(F)cc23)OC(C)([C@@H](N)C(C)(C)C)N1. The van der Waals surface area contributed by atoms with E-state index in [0.717, 1.165) is 5.52 Å². The Kier molecular flexibility index (Phi) is 4.23. The number of carbonyl (C=O) groups excluding carboxylic acids is 1. The van der Waals surface area contributed by atoms with Gasteiger partial charge in [-0.25, -0.2) is 9.18 Å². The molecule has 1 aliphatic rings. The van der Waals surface area contributed by atoms with Gasteiger partial charge in [-0.1, -0.05) is 20.8 Å². The van der Waals surface area contributed by atoms with Gasteiger partial charge in [-0.2, -0.15) is 0 Å². The summed E-state index contributed by atoms with van der Waals surface area (Å²) in [5.74, 6) is -0.662. The normalized spacial score (nSPS) is 21.5. The molecule has 0 spiro atoms. The van der Waals surface area contributed by atoms with Gasteiger partial charge in [0.1, 0.15) is 5.82 Å². The van der Waals surface area contributed by atoms with Crippen molar-refractivity contribution in [3.63, 3.8) is 0 Å². The van der Waals surface area contributed by atoms with E-state index in [9.17, 15) is 9.18 Å². The lowest BCUT2D eigenvalue weighted by Gasteiger charge is -2.39. The maximum atomic E-state index is 13.7. The Labute approximate surface area is 151 Å². The second-order valence-corrected chi connectivity index (χ2v) is 7.77. The Morgan fingerprint density at radius 3 is 2.69 bits per heavy atom. The lowest BCUT2D eigenvalue weighted by Crippen LogP contribution is -2.60. The van der Waals surface area contributed by atoms with Crippen molar-refractivity contribution in [1.82, 2.24) is 10.3 Å². The van der Waals surface area contributed by atoms with Gasteiger partial charge in [0.25, 0.3) is 0 Å². The van der Waals surface area contributed by atoms with Gasteiger partial charge in [-0.05, 0) is 30.5 Å². The first-order valence-corrected chi connectivity index (χ1v) is 8.39. The minimum absolute atomic E-state index is 0.167. The van der Waals surface area contributed by atoms with Crippen molar-refractivity contribution in [1.29, 1.82) is 0 Å². The summed E-state index contributed by atoms with van der Waals surface area (Å²) in [5.41, 5.74) is 6.57. The Hall–Kier alpha value is -2.54. The molecule has 0 aliphatic carbocycles. The predicted octanol–water partition coefficient (Wildman–Crippen LogP) is 2.86. The first kappa shape index (κ1) is 18.3. The molecular weight excluding hydrogens is 337 g/mol. The zero-order valence-corrected chi connectivity index (χ0v) is 15.6. The molecule has 1 aliphatic heterocycles. The first-order valence-electron chi connectivity index (χ1n) is 8.39. The van der Waals surface area contributed by atoms with E-state index in [1.165, 1.54) is 19.2 Å². The maximum Gasteiger partial charge on any atom is 0.358 e. The largest absolute Gasteiger partial charge is 0.464 e. The number of aromatic amines is 1. The number of esters is 1. The van der Waals surface area contributed by atoms with Crippen LogP contribution < -0.4 is 11.1 Å². The smallest absolute Gasteiger partial charge is 0.358 e. The summed E-state index contributed by atoms with van der Waals surface area (Å²) < 4.78 is 24.8. The molecule has 0 fully saturated rings. The van der Waals surface area contributed by atoms with Gasteiger partial charge >= 0.3 is 5.97 Å². The third-order valence-corrected chi connectivity index (χ3v) is 4.72. The molecule has 0 amide bonds. The minimum Gasteiger partial charge on any atom is -0.464 e. The molecule has 2 aromatic rings. The summed E-state index contributed by atoms with van der Waals surface area (Å²) in [5, 5.41) is 3.70. The molecule has 0 saturated carbocycles. The van der Waals surface area contributed by atoms with E-state index in [1.807, 2.05) is 20.8 Å². The third-order valence-electron chi connectivity index (χ3n) is 4.72. The van der Waals surface area contributed by atoms with Crippen LogP contribution in [0.1, 0.15) is 33.3 Å². The Balaban J connectivity index is 2.12. The van der Waals surface area contributed by atoms with Crippen LogP contribution in [-0.2, 0) is 14.3 Å². The van der Waals surface area contributed by atoms with Crippen LogP contribution in [0.4, 0.5) is 4.39 Å². The fraction of sp³-hybridized carbons (Fsp3) is 0.421. The molecule has 6 nitrogen and oxygen atoms in total. The number of ether oxygens (including phenoxy) is 2. The summed E-state index contributed by atoms with van der Waals surface area (Å²) in [7, 11) is 1.29. The fourth-order valence-corrected chi connectivity index (χ4v) is 3.28. The van der Waals surface area contributed by atoms with E-state index in [1.54, 1.807) is 19.2 Å². The molecule has 4 N–H and O–H groups in total. The Morgan fingerprint density at radius 1 is 1.38 bits per heavy atom. The summed E-state index contributed by atoms with van der Waals surface area (Å²) in [6.45, 7) is 7.76. The number of hydrogen-bond donors (Lipinski definition) is 3. The van der Waals surface area contributed by atoms with Crippen LogP contribution in [0.15, 0.2) is 30.1 Å². The molecule has 1 unspecified atom stereocenters. The van der Waals surface area contributed by atoms with Crippen LogP contribution in [0.5, 0.6) is 0 Å². The zero-order valence-electron chi connectivity index (χ0n) is 15.6. The maximum absolute atomic E-state index is 13.7. The number of methoxy groups -OCH3 is 1. The average molecular weight is 361 g/mol. The van der Waals surface area contributed by atoms with Crippen LogP contribution in [0.3, 0.4) is 0 Å². The number of benzene rings is 1. The summed E-state index contributed by atoms with van der Waals surface area (Å²) >= 11 is 0. The van der Waals surface area contributed by atoms with Gasteiger partial charge in [-0.3, -0.25) is 0 Å². The monoisotopic (exact) mass is 361 g/mol. The van der Waals surface area contributed by atoms with E-state index >= 15 is 0 Å². The van der Waals surface area contributed by atoms with Crippen molar-refractivity contribution in [2.24, 2.45) is 11.1 Å². The van der Waals surface area contributed by atoms with Crippen molar-refractivity contribution in [2.45, 2.75) is 39.5 Å².